The second-order valence-electron chi connectivity index (χ2n) is 2.74. The van der Waals surface area contributed by atoms with E-state index in [1.165, 1.54) is 11.3 Å². The molecule has 1 aromatic rings. The number of halogens is 1. The minimum Gasteiger partial charge on any atom is -0.391 e. The van der Waals surface area contributed by atoms with E-state index in [2.05, 4.69) is 18.8 Å². The van der Waals surface area contributed by atoms with E-state index in [1.54, 1.807) is 0 Å². The Morgan fingerprint density at radius 1 is 1.67 bits per heavy atom. The summed E-state index contributed by atoms with van der Waals surface area (Å²) in [5, 5.41) is 8.99. The van der Waals surface area contributed by atoms with Crippen LogP contribution in [0.5, 0.6) is 0 Å². The van der Waals surface area contributed by atoms with Crippen molar-refractivity contribution in [3.63, 3.8) is 0 Å². The lowest BCUT2D eigenvalue weighted by Gasteiger charge is -2.05. The average Bonchev–Trinajstić information content (AvgIpc) is 2.45. The number of aromatic nitrogens is 1. The summed E-state index contributed by atoms with van der Waals surface area (Å²) >= 11 is 7.10. The van der Waals surface area contributed by atoms with Gasteiger partial charge in [0.05, 0.1) is 17.2 Å². The normalized spacial score (nSPS) is 13.3. The molecule has 2 nitrogen and oxygen atoms in total. The minimum atomic E-state index is 0.0457. The van der Waals surface area contributed by atoms with Crippen molar-refractivity contribution in [2.45, 2.75) is 32.8 Å². The average molecular weight is 206 g/mol. The molecule has 1 N–H and O–H groups in total. The highest BCUT2D eigenvalue weighted by molar-refractivity contribution is 7.15. The van der Waals surface area contributed by atoms with Gasteiger partial charge in [-0.05, 0) is 12.3 Å². The van der Waals surface area contributed by atoms with E-state index in [0.717, 1.165) is 17.0 Å². The maximum absolute atomic E-state index is 8.99. The smallest absolute Gasteiger partial charge is 0.184 e. The van der Waals surface area contributed by atoms with Crippen molar-refractivity contribution in [3.8, 4) is 0 Å². The highest BCUT2D eigenvalue weighted by atomic mass is 35.5. The van der Waals surface area contributed by atoms with Crippen LogP contribution in [-0.4, -0.2) is 10.1 Å². The summed E-state index contributed by atoms with van der Waals surface area (Å²) in [6.07, 6.45) is 1.02. The van der Waals surface area contributed by atoms with Gasteiger partial charge in [-0.25, -0.2) is 4.98 Å². The molecule has 0 aliphatic rings. The van der Waals surface area contributed by atoms with E-state index in [9.17, 15) is 0 Å². The molecule has 1 rings (SSSR count). The molecule has 1 aromatic heterocycles. The highest BCUT2D eigenvalue weighted by Gasteiger charge is 2.13. The summed E-state index contributed by atoms with van der Waals surface area (Å²) in [7, 11) is 0. The lowest BCUT2D eigenvalue weighted by Crippen LogP contribution is -1.95. The van der Waals surface area contributed by atoms with Gasteiger partial charge < -0.3 is 5.11 Å². The molecular formula is C8H12ClNOS. The van der Waals surface area contributed by atoms with Crippen LogP contribution in [0.2, 0.25) is 4.47 Å². The molecule has 12 heavy (non-hydrogen) atoms. The monoisotopic (exact) mass is 205 g/mol. The summed E-state index contributed by atoms with van der Waals surface area (Å²) in [6, 6.07) is 0. The summed E-state index contributed by atoms with van der Waals surface area (Å²) in [4.78, 5) is 5.07. The second-order valence-corrected chi connectivity index (χ2v) is 4.41. The van der Waals surface area contributed by atoms with Gasteiger partial charge in [0.25, 0.3) is 0 Å². The molecular weight excluding hydrogens is 194 g/mol. The van der Waals surface area contributed by atoms with Gasteiger partial charge in [0, 0.05) is 0 Å². The van der Waals surface area contributed by atoms with Crippen LogP contribution in [0.3, 0.4) is 0 Å². The molecule has 0 saturated carbocycles. The Balaban J connectivity index is 2.96. The molecule has 0 fully saturated rings. The molecule has 0 saturated heterocycles. The third kappa shape index (κ3) is 1.97. The van der Waals surface area contributed by atoms with E-state index >= 15 is 0 Å². The third-order valence-corrected chi connectivity index (χ3v) is 3.08. The van der Waals surface area contributed by atoms with Gasteiger partial charge in [0.15, 0.2) is 4.47 Å². The number of aliphatic hydroxyl groups excluding tert-OH is 1. The largest absolute Gasteiger partial charge is 0.391 e. The molecule has 4 heteroatoms. The predicted molar refractivity (Wildman–Crippen MR) is 51.8 cm³/mol. The van der Waals surface area contributed by atoms with Crippen molar-refractivity contribution in [2.24, 2.45) is 0 Å². The van der Waals surface area contributed by atoms with Gasteiger partial charge in [0.2, 0.25) is 0 Å². The summed E-state index contributed by atoms with van der Waals surface area (Å²) in [5.74, 6) is 0.385. The van der Waals surface area contributed by atoms with Crippen LogP contribution in [0.25, 0.3) is 0 Å². The van der Waals surface area contributed by atoms with Crippen molar-refractivity contribution in [3.05, 3.63) is 15.0 Å². The van der Waals surface area contributed by atoms with Gasteiger partial charge in [-0.15, -0.1) is 11.3 Å². The Kier molecular flexibility index (Phi) is 3.50. The Hall–Kier alpha value is -0.120. The number of aliphatic hydroxyl groups is 1. The number of rotatable bonds is 3. The molecule has 0 bridgehead atoms. The Morgan fingerprint density at radius 3 is 2.83 bits per heavy atom. The van der Waals surface area contributed by atoms with E-state index in [0.29, 0.717) is 10.4 Å². The number of hydrogen-bond donors (Lipinski definition) is 1. The summed E-state index contributed by atoms with van der Waals surface area (Å²) < 4.78 is 0.523. The van der Waals surface area contributed by atoms with E-state index in [1.807, 2.05) is 0 Å². The zero-order chi connectivity index (χ0) is 9.14. The molecule has 0 radical (unpaired) electrons. The van der Waals surface area contributed by atoms with Crippen LogP contribution in [0.15, 0.2) is 0 Å². The maximum Gasteiger partial charge on any atom is 0.184 e. The lowest BCUT2D eigenvalue weighted by atomic mass is 10.0. The topological polar surface area (TPSA) is 33.1 Å². The molecule has 0 aromatic carbocycles. The van der Waals surface area contributed by atoms with Crippen molar-refractivity contribution in [1.82, 2.24) is 4.98 Å². The van der Waals surface area contributed by atoms with Crippen LogP contribution in [0.1, 0.15) is 36.8 Å². The van der Waals surface area contributed by atoms with Gasteiger partial charge >= 0.3 is 0 Å². The van der Waals surface area contributed by atoms with Crippen LogP contribution in [0, 0.1) is 0 Å². The van der Waals surface area contributed by atoms with E-state index in [4.69, 9.17) is 16.7 Å². The fourth-order valence-electron chi connectivity index (χ4n) is 1.03. The van der Waals surface area contributed by atoms with Gasteiger partial charge in [-0.1, -0.05) is 25.4 Å². The van der Waals surface area contributed by atoms with Crippen molar-refractivity contribution >= 4 is 22.9 Å². The minimum absolute atomic E-state index is 0.0457. The molecule has 68 valence electrons. The van der Waals surface area contributed by atoms with Crippen molar-refractivity contribution < 1.29 is 5.11 Å². The van der Waals surface area contributed by atoms with Gasteiger partial charge in [-0.2, -0.15) is 0 Å². The zero-order valence-corrected chi connectivity index (χ0v) is 8.74. The third-order valence-electron chi connectivity index (χ3n) is 1.92. The van der Waals surface area contributed by atoms with Gasteiger partial charge in [-0.3, -0.25) is 0 Å². The zero-order valence-electron chi connectivity index (χ0n) is 7.17. The quantitative estimate of drug-likeness (QED) is 0.823. The maximum atomic E-state index is 8.99. The molecule has 1 heterocycles. The first-order chi connectivity index (χ1) is 5.69. The Morgan fingerprint density at radius 2 is 2.33 bits per heavy atom. The Bertz CT molecular complexity index is 262. The second kappa shape index (κ2) is 4.21. The molecule has 1 unspecified atom stereocenters. The number of hydrogen-bond acceptors (Lipinski definition) is 3. The molecule has 0 aliphatic heterocycles. The van der Waals surface area contributed by atoms with Crippen LogP contribution in [-0.2, 0) is 6.61 Å². The summed E-state index contributed by atoms with van der Waals surface area (Å²) in [6.45, 7) is 4.23. The van der Waals surface area contributed by atoms with Crippen LogP contribution >= 0.6 is 22.9 Å². The Labute approximate surface area is 81.2 Å². The van der Waals surface area contributed by atoms with E-state index < -0.39 is 0 Å². The number of thiazole rings is 1. The van der Waals surface area contributed by atoms with Crippen molar-refractivity contribution in [2.75, 3.05) is 0 Å². The molecule has 0 amide bonds. The predicted octanol–water partition coefficient (Wildman–Crippen LogP) is 2.80. The first-order valence-electron chi connectivity index (χ1n) is 3.95. The standard InChI is InChI=1S/C8H12ClNOS/c1-3-5(2)7-6(4-11)12-8(9)10-7/h5,11H,3-4H2,1-2H3. The van der Waals surface area contributed by atoms with Crippen LogP contribution < -0.4 is 0 Å². The molecule has 1 atom stereocenters. The lowest BCUT2D eigenvalue weighted by molar-refractivity contribution is 0.283. The SMILES string of the molecule is CCC(C)c1nc(Cl)sc1CO. The van der Waals surface area contributed by atoms with Crippen molar-refractivity contribution in [1.29, 1.82) is 0 Å². The summed E-state index contributed by atoms with van der Waals surface area (Å²) in [5.41, 5.74) is 0.954. The first-order valence-corrected chi connectivity index (χ1v) is 5.14. The van der Waals surface area contributed by atoms with Crippen LogP contribution in [0.4, 0.5) is 0 Å². The first kappa shape index (κ1) is 9.96. The highest BCUT2D eigenvalue weighted by Crippen LogP contribution is 2.29. The fraction of sp³-hybridized carbons (Fsp3) is 0.625. The number of nitrogens with zero attached hydrogens (tertiary/aromatic N) is 1. The van der Waals surface area contributed by atoms with E-state index in [-0.39, 0.29) is 6.61 Å². The molecule has 0 spiro atoms. The van der Waals surface area contributed by atoms with Gasteiger partial charge in [0.1, 0.15) is 0 Å². The fourth-order valence-corrected chi connectivity index (χ4v) is 2.16. The molecule has 0 aliphatic carbocycles.